The van der Waals surface area contributed by atoms with Gasteiger partial charge in [-0.05, 0) is 18.8 Å². The van der Waals surface area contributed by atoms with Crippen molar-refractivity contribution in [2.75, 3.05) is 19.8 Å². The van der Waals surface area contributed by atoms with Crippen molar-refractivity contribution < 1.29 is 9.47 Å². The van der Waals surface area contributed by atoms with E-state index in [0.29, 0.717) is 18.6 Å². The number of hydrogen-bond donors (Lipinski definition) is 1. The first-order valence-corrected chi connectivity index (χ1v) is 5.15. The van der Waals surface area contributed by atoms with Crippen LogP contribution in [-0.2, 0) is 9.47 Å². The summed E-state index contributed by atoms with van der Waals surface area (Å²) >= 11 is 0. The molecule has 2 N–H and O–H groups in total. The van der Waals surface area contributed by atoms with Crippen molar-refractivity contribution in [2.45, 2.75) is 38.8 Å². The topological polar surface area (TPSA) is 44.5 Å². The SMILES string of the molecule is CC(C)C(N)COC1CCOCC1. The van der Waals surface area contributed by atoms with E-state index in [1.165, 1.54) is 0 Å². The van der Waals surface area contributed by atoms with E-state index in [9.17, 15) is 0 Å². The molecule has 0 aromatic carbocycles. The van der Waals surface area contributed by atoms with Crippen LogP contribution in [0.2, 0.25) is 0 Å². The van der Waals surface area contributed by atoms with E-state index in [4.69, 9.17) is 15.2 Å². The van der Waals surface area contributed by atoms with Crippen molar-refractivity contribution in [3.63, 3.8) is 0 Å². The van der Waals surface area contributed by atoms with Gasteiger partial charge >= 0.3 is 0 Å². The second-order valence-corrected chi connectivity index (χ2v) is 4.05. The quantitative estimate of drug-likeness (QED) is 0.718. The van der Waals surface area contributed by atoms with Gasteiger partial charge in [-0.1, -0.05) is 13.8 Å². The van der Waals surface area contributed by atoms with Gasteiger partial charge in [-0.2, -0.15) is 0 Å². The van der Waals surface area contributed by atoms with E-state index in [2.05, 4.69) is 13.8 Å². The second-order valence-electron chi connectivity index (χ2n) is 4.05. The summed E-state index contributed by atoms with van der Waals surface area (Å²) in [5.74, 6) is 0.500. The molecule has 1 heterocycles. The predicted molar refractivity (Wildman–Crippen MR) is 52.6 cm³/mol. The lowest BCUT2D eigenvalue weighted by molar-refractivity contribution is -0.0382. The highest BCUT2D eigenvalue weighted by Crippen LogP contribution is 2.11. The number of rotatable bonds is 4. The Bertz CT molecular complexity index is 133. The van der Waals surface area contributed by atoms with Gasteiger partial charge in [0.25, 0.3) is 0 Å². The summed E-state index contributed by atoms with van der Waals surface area (Å²) in [6.45, 7) is 6.60. The molecule has 1 saturated heterocycles. The van der Waals surface area contributed by atoms with Gasteiger partial charge in [-0.25, -0.2) is 0 Å². The van der Waals surface area contributed by atoms with Gasteiger partial charge in [0.1, 0.15) is 0 Å². The van der Waals surface area contributed by atoms with Gasteiger partial charge in [-0.15, -0.1) is 0 Å². The molecule has 1 atom stereocenters. The molecule has 13 heavy (non-hydrogen) atoms. The molecule has 0 bridgehead atoms. The number of hydrogen-bond acceptors (Lipinski definition) is 3. The zero-order chi connectivity index (χ0) is 9.68. The number of ether oxygens (including phenoxy) is 2. The molecule has 0 aromatic rings. The maximum atomic E-state index is 5.88. The summed E-state index contributed by atoms with van der Waals surface area (Å²) < 4.78 is 10.9. The van der Waals surface area contributed by atoms with Gasteiger partial charge < -0.3 is 15.2 Å². The van der Waals surface area contributed by atoms with Crippen molar-refractivity contribution in [3.8, 4) is 0 Å². The third-order valence-electron chi connectivity index (χ3n) is 2.55. The van der Waals surface area contributed by atoms with Crippen molar-refractivity contribution >= 4 is 0 Å². The Hall–Kier alpha value is -0.120. The average molecular weight is 187 g/mol. The Morgan fingerprint density at radius 3 is 2.54 bits per heavy atom. The highest BCUT2D eigenvalue weighted by Gasteiger charge is 2.16. The van der Waals surface area contributed by atoms with Crippen LogP contribution in [0.3, 0.4) is 0 Å². The third-order valence-corrected chi connectivity index (χ3v) is 2.55. The Labute approximate surface area is 80.6 Å². The molecule has 1 unspecified atom stereocenters. The van der Waals surface area contributed by atoms with Crippen LogP contribution in [0, 0.1) is 5.92 Å². The zero-order valence-corrected chi connectivity index (χ0v) is 8.66. The molecule has 3 heteroatoms. The molecule has 1 aliphatic heterocycles. The Balaban J connectivity index is 2.10. The lowest BCUT2D eigenvalue weighted by atomic mass is 10.1. The van der Waals surface area contributed by atoms with Crippen LogP contribution >= 0.6 is 0 Å². The molecule has 78 valence electrons. The fourth-order valence-electron chi connectivity index (χ4n) is 1.28. The standard InChI is InChI=1S/C10H21NO2/c1-8(2)10(11)7-13-9-3-5-12-6-4-9/h8-10H,3-7,11H2,1-2H3. The highest BCUT2D eigenvalue weighted by atomic mass is 16.5. The minimum Gasteiger partial charge on any atom is -0.381 e. The largest absolute Gasteiger partial charge is 0.381 e. The van der Waals surface area contributed by atoms with Crippen LogP contribution in [0.1, 0.15) is 26.7 Å². The summed E-state index contributed by atoms with van der Waals surface area (Å²) in [6, 6.07) is 0.169. The summed E-state index contributed by atoms with van der Waals surface area (Å²) in [5.41, 5.74) is 5.88. The predicted octanol–water partition coefficient (Wildman–Crippen LogP) is 1.17. The third kappa shape index (κ3) is 4.07. The van der Waals surface area contributed by atoms with Gasteiger partial charge in [0.05, 0.1) is 12.7 Å². The number of nitrogens with two attached hydrogens (primary N) is 1. The maximum Gasteiger partial charge on any atom is 0.0623 e. The van der Waals surface area contributed by atoms with Gasteiger partial charge in [0, 0.05) is 19.3 Å². The molecule has 1 rings (SSSR count). The molecule has 0 saturated carbocycles. The van der Waals surface area contributed by atoms with E-state index in [0.717, 1.165) is 26.1 Å². The fraction of sp³-hybridized carbons (Fsp3) is 1.00. The summed E-state index contributed by atoms with van der Waals surface area (Å²) in [6.07, 6.45) is 2.41. The minimum absolute atomic E-state index is 0.169. The summed E-state index contributed by atoms with van der Waals surface area (Å²) in [4.78, 5) is 0. The van der Waals surface area contributed by atoms with E-state index < -0.39 is 0 Å². The molecular weight excluding hydrogens is 166 g/mol. The fourth-order valence-corrected chi connectivity index (χ4v) is 1.28. The first kappa shape index (κ1) is 11.0. The van der Waals surface area contributed by atoms with Crippen LogP contribution in [0.15, 0.2) is 0 Å². The van der Waals surface area contributed by atoms with Crippen LogP contribution in [0.4, 0.5) is 0 Å². The smallest absolute Gasteiger partial charge is 0.0623 e. The van der Waals surface area contributed by atoms with E-state index in [1.807, 2.05) is 0 Å². The zero-order valence-electron chi connectivity index (χ0n) is 8.66. The molecule has 1 fully saturated rings. The van der Waals surface area contributed by atoms with Crippen LogP contribution < -0.4 is 5.73 Å². The highest BCUT2D eigenvalue weighted by molar-refractivity contribution is 4.67. The van der Waals surface area contributed by atoms with Gasteiger partial charge in [-0.3, -0.25) is 0 Å². The lowest BCUT2D eigenvalue weighted by Crippen LogP contribution is -2.35. The lowest BCUT2D eigenvalue weighted by Gasteiger charge is -2.25. The minimum atomic E-state index is 0.169. The van der Waals surface area contributed by atoms with Crippen molar-refractivity contribution in [2.24, 2.45) is 11.7 Å². The van der Waals surface area contributed by atoms with Crippen molar-refractivity contribution in [1.82, 2.24) is 0 Å². The van der Waals surface area contributed by atoms with Crippen molar-refractivity contribution in [1.29, 1.82) is 0 Å². The van der Waals surface area contributed by atoms with Crippen LogP contribution in [0.25, 0.3) is 0 Å². The van der Waals surface area contributed by atoms with Gasteiger partial charge in [0.2, 0.25) is 0 Å². The van der Waals surface area contributed by atoms with E-state index in [-0.39, 0.29) is 6.04 Å². The van der Waals surface area contributed by atoms with Gasteiger partial charge in [0.15, 0.2) is 0 Å². The first-order valence-electron chi connectivity index (χ1n) is 5.15. The molecule has 0 aromatic heterocycles. The van der Waals surface area contributed by atoms with E-state index in [1.54, 1.807) is 0 Å². The Morgan fingerprint density at radius 2 is 2.00 bits per heavy atom. The second kappa shape index (κ2) is 5.58. The first-order chi connectivity index (χ1) is 6.20. The van der Waals surface area contributed by atoms with E-state index >= 15 is 0 Å². The molecule has 0 aliphatic carbocycles. The molecule has 0 spiro atoms. The normalized spacial score (nSPS) is 22.2. The molecule has 0 amide bonds. The van der Waals surface area contributed by atoms with Crippen molar-refractivity contribution in [3.05, 3.63) is 0 Å². The van der Waals surface area contributed by atoms with Crippen LogP contribution in [-0.4, -0.2) is 32.0 Å². The molecule has 3 nitrogen and oxygen atoms in total. The maximum absolute atomic E-state index is 5.88. The Kier molecular flexibility index (Phi) is 4.70. The summed E-state index contributed by atoms with van der Waals surface area (Å²) in [5, 5.41) is 0. The average Bonchev–Trinajstić information content (AvgIpc) is 2.15. The summed E-state index contributed by atoms with van der Waals surface area (Å²) in [7, 11) is 0. The Morgan fingerprint density at radius 1 is 1.38 bits per heavy atom. The molecule has 1 aliphatic rings. The molecule has 0 radical (unpaired) electrons. The molecular formula is C10H21NO2. The monoisotopic (exact) mass is 187 g/mol. The van der Waals surface area contributed by atoms with Crippen LogP contribution in [0.5, 0.6) is 0 Å².